The molecular weight excluding hydrogens is 387 g/mol. The van der Waals surface area contributed by atoms with Crippen LogP contribution in [-0.2, 0) is 0 Å². The number of hydrogen-bond donors (Lipinski definition) is 2. The third-order valence-electron chi connectivity index (χ3n) is 4.76. The Morgan fingerprint density at radius 2 is 1.67 bits per heavy atom. The standard InChI is InChI=1S/C23H19FN2O4/c1-14(25-23(28)19-3-2-4-20-21(19)30-13-29-20)15-7-11-18(12-8-15)26-22(27)16-5-9-17(24)10-6-16/h2-12,14H,13H2,1H3,(H,25,28)(H,26,27). The Kier molecular flexibility index (Phi) is 5.34. The fourth-order valence-electron chi connectivity index (χ4n) is 3.13. The molecular formula is C23H19FN2O4. The number of benzene rings is 3. The lowest BCUT2D eigenvalue weighted by molar-refractivity contribution is 0.0934. The first kappa shape index (κ1) is 19.4. The van der Waals surface area contributed by atoms with Crippen molar-refractivity contribution in [3.8, 4) is 11.5 Å². The van der Waals surface area contributed by atoms with E-state index in [-0.39, 0.29) is 24.6 Å². The Balaban J connectivity index is 1.40. The van der Waals surface area contributed by atoms with E-state index in [0.717, 1.165) is 5.56 Å². The zero-order valence-electron chi connectivity index (χ0n) is 16.1. The molecule has 152 valence electrons. The van der Waals surface area contributed by atoms with Crippen LogP contribution in [0, 0.1) is 5.82 Å². The van der Waals surface area contributed by atoms with Gasteiger partial charge in [-0.25, -0.2) is 4.39 Å². The van der Waals surface area contributed by atoms with Crippen LogP contribution in [0.5, 0.6) is 11.5 Å². The van der Waals surface area contributed by atoms with Gasteiger partial charge in [0, 0.05) is 11.3 Å². The van der Waals surface area contributed by atoms with Gasteiger partial charge in [-0.05, 0) is 61.0 Å². The quantitative estimate of drug-likeness (QED) is 0.663. The third-order valence-corrected chi connectivity index (χ3v) is 4.76. The highest BCUT2D eigenvalue weighted by atomic mass is 19.1. The van der Waals surface area contributed by atoms with Gasteiger partial charge in [0.05, 0.1) is 11.6 Å². The summed E-state index contributed by atoms with van der Waals surface area (Å²) in [6.45, 7) is 1.96. The Bertz CT molecular complexity index is 1080. The number of para-hydroxylation sites is 1. The van der Waals surface area contributed by atoms with Gasteiger partial charge in [0.2, 0.25) is 6.79 Å². The summed E-state index contributed by atoms with van der Waals surface area (Å²) >= 11 is 0. The van der Waals surface area contributed by atoms with Crippen LogP contribution in [0.3, 0.4) is 0 Å². The molecule has 0 bridgehead atoms. The maximum absolute atomic E-state index is 13.0. The molecule has 0 fully saturated rings. The molecule has 0 aromatic heterocycles. The molecule has 2 amide bonds. The molecule has 0 spiro atoms. The fraction of sp³-hybridized carbons (Fsp3) is 0.130. The zero-order valence-corrected chi connectivity index (χ0v) is 16.1. The monoisotopic (exact) mass is 406 g/mol. The summed E-state index contributed by atoms with van der Waals surface area (Å²) in [4.78, 5) is 24.9. The van der Waals surface area contributed by atoms with E-state index in [4.69, 9.17) is 9.47 Å². The van der Waals surface area contributed by atoms with Crippen molar-refractivity contribution in [1.29, 1.82) is 0 Å². The first-order valence-corrected chi connectivity index (χ1v) is 9.37. The Morgan fingerprint density at radius 3 is 2.40 bits per heavy atom. The Hall–Kier alpha value is -3.87. The number of ether oxygens (including phenoxy) is 2. The van der Waals surface area contributed by atoms with Crippen molar-refractivity contribution in [1.82, 2.24) is 5.32 Å². The lowest BCUT2D eigenvalue weighted by Gasteiger charge is -2.16. The van der Waals surface area contributed by atoms with Crippen LogP contribution in [0.1, 0.15) is 39.2 Å². The Labute approximate surface area is 172 Å². The van der Waals surface area contributed by atoms with E-state index in [1.54, 1.807) is 30.3 Å². The molecule has 1 aliphatic heterocycles. The van der Waals surface area contributed by atoms with Crippen LogP contribution in [0.4, 0.5) is 10.1 Å². The molecule has 2 N–H and O–H groups in total. The number of rotatable bonds is 5. The highest BCUT2D eigenvalue weighted by Crippen LogP contribution is 2.35. The Morgan fingerprint density at radius 1 is 0.933 bits per heavy atom. The lowest BCUT2D eigenvalue weighted by Crippen LogP contribution is -2.26. The molecule has 0 radical (unpaired) electrons. The van der Waals surface area contributed by atoms with Crippen LogP contribution in [0.2, 0.25) is 0 Å². The number of anilines is 1. The smallest absolute Gasteiger partial charge is 0.255 e. The van der Waals surface area contributed by atoms with Crippen LogP contribution in [0.15, 0.2) is 66.7 Å². The van der Waals surface area contributed by atoms with Crippen molar-refractivity contribution in [3.63, 3.8) is 0 Å². The summed E-state index contributed by atoms with van der Waals surface area (Å²) in [5, 5.41) is 5.70. The molecule has 1 atom stereocenters. The summed E-state index contributed by atoms with van der Waals surface area (Å²) < 4.78 is 23.7. The van der Waals surface area contributed by atoms with Gasteiger partial charge >= 0.3 is 0 Å². The largest absolute Gasteiger partial charge is 0.454 e. The molecule has 7 heteroatoms. The van der Waals surface area contributed by atoms with Crippen LogP contribution in [-0.4, -0.2) is 18.6 Å². The topological polar surface area (TPSA) is 76.7 Å². The van der Waals surface area contributed by atoms with Crippen molar-refractivity contribution in [2.75, 3.05) is 12.1 Å². The number of hydrogen-bond acceptors (Lipinski definition) is 4. The summed E-state index contributed by atoms with van der Waals surface area (Å²) in [5.74, 6) is 0.00637. The van der Waals surface area contributed by atoms with Gasteiger partial charge in [0.15, 0.2) is 11.5 Å². The second kappa shape index (κ2) is 8.24. The van der Waals surface area contributed by atoms with E-state index >= 15 is 0 Å². The van der Waals surface area contributed by atoms with E-state index in [2.05, 4.69) is 10.6 Å². The lowest BCUT2D eigenvalue weighted by atomic mass is 10.1. The van der Waals surface area contributed by atoms with Gasteiger partial charge in [0.25, 0.3) is 11.8 Å². The second-order valence-corrected chi connectivity index (χ2v) is 6.82. The number of halogens is 1. The molecule has 0 saturated carbocycles. The molecule has 1 aliphatic rings. The number of fused-ring (bicyclic) bond motifs is 1. The molecule has 6 nitrogen and oxygen atoms in total. The summed E-state index contributed by atoms with van der Waals surface area (Å²) in [6.07, 6.45) is 0. The predicted molar refractivity (Wildman–Crippen MR) is 109 cm³/mol. The van der Waals surface area contributed by atoms with Crippen molar-refractivity contribution < 1.29 is 23.5 Å². The SMILES string of the molecule is CC(NC(=O)c1cccc2c1OCO2)c1ccc(NC(=O)c2ccc(F)cc2)cc1. The third kappa shape index (κ3) is 4.10. The number of nitrogens with one attached hydrogen (secondary N) is 2. The summed E-state index contributed by atoms with van der Waals surface area (Å²) in [6, 6.07) is 17.4. The molecule has 0 saturated heterocycles. The summed E-state index contributed by atoms with van der Waals surface area (Å²) in [5.41, 5.74) is 2.24. The maximum atomic E-state index is 13.0. The van der Waals surface area contributed by atoms with Crippen LogP contribution >= 0.6 is 0 Å². The highest BCUT2D eigenvalue weighted by molar-refractivity contribution is 6.04. The highest BCUT2D eigenvalue weighted by Gasteiger charge is 2.22. The fourth-order valence-corrected chi connectivity index (χ4v) is 3.13. The molecule has 1 unspecified atom stereocenters. The maximum Gasteiger partial charge on any atom is 0.255 e. The number of carbonyl (C=O) groups is 2. The summed E-state index contributed by atoms with van der Waals surface area (Å²) in [7, 11) is 0. The zero-order chi connectivity index (χ0) is 21.1. The minimum absolute atomic E-state index is 0.0975. The van der Waals surface area contributed by atoms with Gasteiger partial charge in [-0.2, -0.15) is 0 Å². The van der Waals surface area contributed by atoms with Gasteiger partial charge in [-0.3, -0.25) is 9.59 Å². The second-order valence-electron chi connectivity index (χ2n) is 6.82. The van der Waals surface area contributed by atoms with Crippen molar-refractivity contribution in [2.45, 2.75) is 13.0 Å². The number of carbonyl (C=O) groups excluding carboxylic acids is 2. The molecule has 3 aromatic carbocycles. The van der Waals surface area contributed by atoms with Gasteiger partial charge < -0.3 is 20.1 Å². The molecule has 30 heavy (non-hydrogen) atoms. The van der Waals surface area contributed by atoms with E-state index in [1.165, 1.54) is 24.3 Å². The minimum Gasteiger partial charge on any atom is -0.454 e. The molecule has 1 heterocycles. The first-order chi connectivity index (χ1) is 14.5. The van der Waals surface area contributed by atoms with Crippen molar-refractivity contribution in [3.05, 3.63) is 89.2 Å². The average Bonchev–Trinajstić information content (AvgIpc) is 3.23. The van der Waals surface area contributed by atoms with Gasteiger partial charge in [0.1, 0.15) is 5.82 Å². The average molecular weight is 406 g/mol. The molecule has 3 aromatic rings. The van der Waals surface area contributed by atoms with Gasteiger partial charge in [-0.1, -0.05) is 18.2 Å². The van der Waals surface area contributed by atoms with Crippen LogP contribution < -0.4 is 20.1 Å². The van der Waals surface area contributed by atoms with E-state index in [0.29, 0.717) is 28.3 Å². The predicted octanol–water partition coefficient (Wildman–Crippen LogP) is 4.30. The van der Waals surface area contributed by atoms with Crippen molar-refractivity contribution in [2.24, 2.45) is 0 Å². The van der Waals surface area contributed by atoms with Crippen LogP contribution in [0.25, 0.3) is 0 Å². The molecule has 0 aliphatic carbocycles. The number of amides is 2. The van der Waals surface area contributed by atoms with Crippen molar-refractivity contribution >= 4 is 17.5 Å². The molecule has 4 rings (SSSR count). The van der Waals surface area contributed by atoms with E-state index < -0.39 is 5.82 Å². The first-order valence-electron chi connectivity index (χ1n) is 9.37. The van der Waals surface area contributed by atoms with Gasteiger partial charge in [-0.15, -0.1) is 0 Å². The van der Waals surface area contributed by atoms with E-state index in [1.807, 2.05) is 19.1 Å². The van der Waals surface area contributed by atoms with E-state index in [9.17, 15) is 14.0 Å². The normalized spacial score (nSPS) is 12.9. The minimum atomic E-state index is -0.397.